The molecule has 1 amide bonds. The Morgan fingerprint density at radius 2 is 1.74 bits per heavy atom. The van der Waals surface area contributed by atoms with Gasteiger partial charge in [-0.2, -0.15) is 31.4 Å². The van der Waals surface area contributed by atoms with Crippen molar-refractivity contribution >= 4 is 17.2 Å². The van der Waals surface area contributed by atoms with Gasteiger partial charge in [0.25, 0.3) is 5.91 Å². The van der Waals surface area contributed by atoms with Gasteiger partial charge in [0.15, 0.2) is 0 Å². The average molecular weight is 442 g/mol. The second kappa shape index (κ2) is 7.26. The van der Waals surface area contributed by atoms with Crippen LogP contribution in [0.15, 0.2) is 48.8 Å². The predicted octanol–water partition coefficient (Wildman–Crippen LogP) is 3.92. The number of carbonyl (C=O) groups excluding carboxylic acids is 1. The first kappa shape index (κ1) is 21.2. The standard InChI is InChI=1S/C20H16F6N4O/c1-11-8-12(6-7-27-11)15-9-28-30-16(20(24,25)26)10-29(18(31)17(15)30)14-4-2-13(3-5-14)19(21,22)23/h2-9,16-17,28H,10H2,1H3. The number of hydrazine groups is 1. The number of alkyl halides is 6. The second-order valence-electron chi connectivity index (χ2n) is 7.28. The Balaban J connectivity index is 1.73. The number of hydrogen-bond acceptors (Lipinski definition) is 4. The van der Waals surface area contributed by atoms with Gasteiger partial charge in [-0.15, -0.1) is 0 Å². The molecule has 31 heavy (non-hydrogen) atoms. The number of piperazine rings is 1. The van der Waals surface area contributed by atoms with Crippen LogP contribution in [0.2, 0.25) is 0 Å². The van der Waals surface area contributed by atoms with Crippen molar-refractivity contribution < 1.29 is 31.1 Å². The fraction of sp³-hybridized carbons (Fsp3) is 0.300. The van der Waals surface area contributed by atoms with E-state index in [-0.39, 0.29) is 5.69 Å². The maximum absolute atomic E-state index is 13.8. The van der Waals surface area contributed by atoms with Gasteiger partial charge in [-0.3, -0.25) is 9.78 Å². The summed E-state index contributed by atoms with van der Waals surface area (Å²) in [5.41, 5.74) is 3.02. The number of anilines is 1. The van der Waals surface area contributed by atoms with E-state index in [9.17, 15) is 31.1 Å². The van der Waals surface area contributed by atoms with E-state index in [2.05, 4.69) is 10.4 Å². The number of benzene rings is 1. The molecule has 2 unspecified atom stereocenters. The molecule has 2 aliphatic heterocycles. The lowest BCUT2D eigenvalue weighted by atomic mass is 9.95. The smallest absolute Gasteiger partial charge is 0.324 e. The number of hydrogen-bond donors (Lipinski definition) is 1. The Hall–Kier alpha value is -3.08. The van der Waals surface area contributed by atoms with Gasteiger partial charge in [0.2, 0.25) is 0 Å². The predicted molar refractivity (Wildman–Crippen MR) is 99.4 cm³/mol. The number of fused-ring (bicyclic) bond motifs is 1. The molecule has 2 aliphatic rings. The molecular formula is C20H16F6N4O. The van der Waals surface area contributed by atoms with Gasteiger partial charge in [-0.05, 0) is 48.9 Å². The van der Waals surface area contributed by atoms with Crippen molar-refractivity contribution in [2.45, 2.75) is 31.4 Å². The van der Waals surface area contributed by atoms with Gasteiger partial charge >= 0.3 is 12.4 Å². The molecule has 5 nitrogen and oxygen atoms in total. The lowest BCUT2D eigenvalue weighted by Gasteiger charge is -2.43. The first-order valence-corrected chi connectivity index (χ1v) is 9.20. The molecule has 0 bridgehead atoms. The Bertz CT molecular complexity index is 1030. The van der Waals surface area contributed by atoms with Crippen LogP contribution in [-0.4, -0.2) is 40.7 Å². The van der Waals surface area contributed by atoms with Crippen LogP contribution in [-0.2, 0) is 11.0 Å². The summed E-state index contributed by atoms with van der Waals surface area (Å²) in [7, 11) is 0. The molecule has 0 aliphatic carbocycles. The lowest BCUT2D eigenvalue weighted by molar-refractivity contribution is -0.194. The normalized spacial score (nSPS) is 22.2. The van der Waals surface area contributed by atoms with E-state index in [1.165, 1.54) is 12.4 Å². The molecule has 0 radical (unpaired) electrons. The lowest BCUT2D eigenvalue weighted by Crippen LogP contribution is -2.67. The van der Waals surface area contributed by atoms with Gasteiger partial charge < -0.3 is 10.3 Å². The summed E-state index contributed by atoms with van der Waals surface area (Å²) in [6.07, 6.45) is -6.46. The maximum atomic E-state index is 13.8. The van der Waals surface area contributed by atoms with E-state index in [0.29, 0.717) is 16.8 Å². The molecule has 164 valence electrons. The fourth-order valence-electron chi connectivity index (χ4n) is 3.76. The summed E-state index contributed by atoms with van der Waals surface area (Å²) < 4.78 is 80.0. The number of pyridine rings is 1. The Morgan fingerprint density at radius 3 is 2.32 bits per heavy atom. The van der Waals surface area contributed by atoms with Crippen molar-refractivity contribution in [3.05, 3.63) is 65.6 Å². The average Bonchev–Trinajstić information content (AvgIpc) is 3.12. The van der Waals surface area contributed by atoms with E-state index >= 15 is 0 Å². The zero-order chi connectivity index (χ0) is 22.6. The molecule has 1 fully saturated rings. The van der Waals surface area contributed by atoms with Crippen LogP contribution in [0.4, 0.5) is 32.0 Å². The summed E-state index contributed by atoms with van der Waals surface area (Å²) in [5.74, 6) is -0.675. The van der Waals surface area contributed by atoms with Crippen molar-refractivity contribution in [1.82, 2.24) is 15.4 Å². The highest BCUT2D eigenvalue weighted by Gasteiger charge is 2.55. The van der Waals surface area contributed by atoms with Crippen molar-refractivity contribution in [1.29, 1.82) is 0 Å². The quantitative estimate of drug-likeness (QED) is 0.717. The molecule has 3 heterocycles. The Labute approximate surface area is 172 Å². The largest absolute Gasteiger partial charge is 0.416 e. The molecular weight excluding hydrogens is 426 g/mol. The van der Waals surface area contributed by atoms with E-state index in [1.54, 1.807) is 19.1 Å². The maximum Gasteiger partial charge on any atom is 0.416 e. The van der Waals surface area contributed by atoms with Crippen LogP contribution in [0.3, 0.4) is 0 Å². The number of amides is 1. The highest BCUT2D eigenvalue weighted by molar-refractivity contribution is 6.06. The van der Waals surface area contributed by atoms with Crippen LogP contribution in [0.1, 0.15) is 16.8 Å². The van der Waals surface area contributed by atoms with Crippen molar-refractivity contribution in [3.8, 4) is 0 Å². The summed E-state index contributed by atoms with van der Waals surface area (Å²) >= 11 is 0. The molecule has 0 saturated carbocycles. The number of aromatic nitrogens is 1. The third-order valence-electron chi connectivity index (χ3n) is 5.25. The molecule has 1 saturated heterocycles. The molecule has 11 heteroatoms. The number of nitrogens with zero attached hydrogens (tertiary/aromatic N) is 3. The Morgan fingerprint density at radius 1 is 1.06 bits per heavy atom. The van der Waals surface area contributed by atoms with Crippen LogP contribution in [0.5, 0.6) is 0 Å². The van der Waals surface area contributed by atoms with E-state index in [4.69, 9.17) is 0 Å². The molecule has 0 spiro atoms. The third kappa shape index (κ3) is 3.85. The monoisotopic (exact) mass is 442 g/mol. The minimum Gasteiger partial charge on any atom is -0.324 e. The summed E-state index contributed by atoms with van der Waals surface area (Å²) in [6.45, 7) is 0.952. The first-order chi connectivity index (χ1) is 14.5. The summed E-state index contributed by atoms with van der Waals surface area (Å²) in [5, 5.41) is 0.841. The van der Waals surface area contributed by atoms with Crippen LogP contribution >= 0.6 is 0 Å². The highest BCUT2D eigenvalue weighted by Crippen LogP contribution is 2.39. The zero-order valence-electron chi connectivity index (χ0n) is 16.0. The fourth-order valence-corrected chi connectivity index (χ4v) is 3.76. The van der Waals surface area contributed by atoms with Crippen molar-refractivity contribution in [2.24, 2.45) is 0 Å². The van der Waals surface area contributed by atoms with Crippen molar-refractivity contribution in [2.75, 3.05) is 11.4 Å². The van der Waals surface area contributed by atoms with Crippen LogP contribution in [0, 0.1) is 6.92 Å². The highest BCUT2D eigenvalue weighted by atomic mass is 19.4. The number of nitrogens with one attached hydrogen (secondary N) is 1. The molecule has 1 aromatic carbocycles. The number of carbonyl (C=O) groups is 1. The SMILES string of the molecule is Cc1cc(C2=CNN3C2C(=O)N(c2ccc(C(F)(F)F)cc2)CC3C(F)(F)F)ccn1. The van der Waals surface area contributed by atoms with Gasteiger partial charge in [-0.25, -0.2) is 0 Å². The summed E-state index contributed by atoms with van der Waals surface area (Å²) in [4.78, 5) is 18.2. The van der Waals surface area contributed by atoms with Crippen LogP contribution < -0.4 is 10.3 Å². The van der Waals surface area contributed by atoms with E-state index in [1.807, 2.05) is 0 Å². The first-order valence-electron chi connectivity index (χ1n) is 9.20. The van der Waals surface area contributed by atoms with Crippen molar-refractivity contribution in [3.63, 3.8) is 0 Å². The molecule has 1 N–H and O–H groups in total. The summed E-state index contributed by atoms with van der Waals surface area (Å²) in [6, 6.07) is 3.36. The number of rotatable bonds is 2. The molecule has 2 aromatic rings. The minimum absolute atomic E-state index is 0.0379. The van der Waals surface area contributed by atoms with Gasteiger partial charge in [0.1, 0.15) is 12.1 Å². The van der Waals surface area contributed by atoms with Gasteiger partial charge in [0.05, 0.1) is 12.1 Å². The zero-order valence-corrected chi connectivity index (χ0v) is 16.0. The minimum atomic E-state index is -4.69. The second-order valence-corrected chi connectivity index (χ2v) is 7.28. The molecule has 1 aromatic heterocycles. The van der Waals surface area contributed by atoms with E-state index in [0.717, 1.165) is 34.2 Å². The number of aryl methyl sites for hydroxylation is 1. The number of halogens is 6. The third-order valence-corrected chi connectivity index (χ3v) is 5.25. The van der Waals surface area contributed by atoms with Gasteiger partial charge in [0, 0.05) is 29.4 Å². The van der Waals surface area contributed by atoms with Gasteiger partial charge in [-0.1, -0.05) is 0 Å². The molecule has 2 atom stereocenters. The topological polar surface area (TPSA) is 48.5 Å². The van der Waals surface area contributed by atoms with E-state index < -0.39 is 42.5 Å². The van der Waals surface area contributed by atoms with Crippen LogP contribution in [0.25, 0.3) is 5.57 Å². The Kier molecular flexibility index (Phi) is 4.95. The molecule has 4 rings (SSSR count).